The van der Waals surface area contributed by atoms with Gasteiger partial charge < -0.3 is 30.9 Å². The van der Waals surface area contributed by atoms with Crippen LogP contribution < -0.4 is 26.8 Å². The number of halogens is 1. The van der Waals surface area contributed by atoms with Crippen molar-refractivity contribution in [2.45, 2.75) is 31.2 Å². The topological polar surface area (TPSA) is 200 Å². The van der Waals surface area contributed by atoms with Crippen molar-refractivity contribution in [2.75, 3.05) is 38.2 Å². The summed E-state index contributed by atoms with van der Waals surface area (Å²) >= 11 is 5.87. The second-order valence-electron chi connectivity index (χ2n) is 9.28. The van der Waals surface area contributed by atoms with Crippen molar-refractivity contribution in [1.82, 2.24) is 35.6 Å². The Balaban J connectivity index is 1.09. The molecule has 14 nitrogen and oxygen atoms in total. The van der Waals surface area contributed by atoms with E-state index in [-0.39, 0.29) is 40.3 Å². The molecule has 39 heavy (non-hydrogen) atoms. The molecule has 1 aromatic carbocycles. The number of carbonyl (C=O) groups is 2. The summed E-state index contributed by atoms with van der Waals surface area (Å²) in [6, 6.07) is 7.33. The normalized spacial score (nSPS) is 16.1. The number of methoxy groups -OCH3 is 1. The van der Waals surface area contributed by atoms with E-state index >= 15 is 0 Å². The Morgan fingerprint density at radius 3 is 2.62 bits per heavy atom. The fourth-order valence-electron chi connectivity index (χ4n) is 4.46. The summed E-state index contributed by atoms with van der Waals surface area (Å²) in [6.07, 6.45) is 1.94. The molecule has 1 spiro atoms. The number of likely N-dealkylation sites (tertiary alicyclic amines) is 1. The van der Waals surface area contributed by atoms with Crippen molar-refractivity contribution >= 4 is 41.0 Å². The maximum absolute atomic E-state index is 12.8. The zero-order chi connectivity index (χ0) is 27.6. The van der Waals surface area contributed by atoms with Crippen LogP contribution in [0.2, 0.25) is 5.15 Å². The highest BCUT2D eigenvalue weighted by Gasteiger charge is 2.40. The van der Waals surface area contributed by atoms with E-state index < -0.39 is 5.91 Å². The van der Waals surface area contributed by atoms with Gasteiger partial charge in [0.2, 0.25) is 17.6 Å². The van der Waals surface area contributed by atoms with Crippen LogP contribution in [0.15, 0.2) is 33.8 Å². The number of aliphatic imine (C=N–C) groups is 1. The number of rotatable bonds is 6. The molecular formula is C24H27ClN10O4. The summed E-state index contributed by atoms with van der Waals surface area (Å²) in [7, 11) is 1.60. The van der Waals surface area contributed by atoms with Gasteiger partial charge in [0.25, 0.3) is 5.91 Å². The number of piperidine rings is 1. The third-order valence-corrected chi connectivity index (χ3v) is 7.00. The maximum atomic E-state index is 12.8. The molecule has 0 radical (unpaired) electrons. The number of nitrogens with one attached hydrogen (secondary N) is 2. The van der Waals surface area contributed by atoms with Crippen LogP contribution in [-0.4, -0.2) is 75.1 Å². The number of guanidine groups is 1. The Kier molecular flexibility index (Phi) is 7.19. The van der Waals surface area contributed by atoms with Gasteiger partial charge in [-0.2, -0.15) is 4.98 Å². The van der Waals surface area contributed by atoms with Crippen molar-refractivity contribution in [2.24, 2.45) is 4.99 Å². The number of hydrogen-bond donors (Lipinski definition) is 4. The molecule has 2 aliphatic rings. The molecule has 2 amide bonds. The van der Waals surface area contributed by atoms with Gasteiger partial charge in [-0.3, -0.25) is 19.9 Å². The largest absolute Gasteiger partial charge is 0.497 e. The molecule has 3 aromatic rings. The first-order valence-corrected chi connectivity index (χ1v) is 12.6. The minimum atomic E-state index is -0.603. The van der Waals surface area contributed by atoms with E-state index in [9.17, 15) is 9.59 Å². The van der Waals surface area contributed by atoms with Gasteiger partial charge in [-0.25, -0.2) is 9.97 Å². The standard InChI is InChI=1S/C24H27ClN10O4/c1-38-14-4-2-13(3-5-14)21-29-15(39-34-21)6-7-16(36)35-10-8-24(9-11-35)12-28-23(33-24)32-22(37)17-19(26)31-20(27)18(25)30-17/h2-5H,6-12H2,1H3,(H4,26,27,31)(H2,28,32,33,37). The number of hydrogen-bond acceptors (Lipinski definition) is 12. The number of nitrogens with zero attached hydrogens (tertiary/aromatic N) is 6. The molecule has 0 bridgehead atoms. The molecule has 0 unspecified atom stereocenters. The molecule has 15 heteroatoms. The number of ether oxygens (including phenoxy) is 1. The van der Waals surface area contributed by atoms with Crippen molar-refractivity contribution < 1.29 is 18.8 Å². The fourth-order valence-corrected chi connectivity index (χ4v) is 4.59. The first-order chi connectivity index (χ1) is 18.7. The first-order valence-electron chi connectivity index (χ1n) is 12.2. The molecular weight excluding hydrogens is 528 g/mol. The second kappa shape index (κ2) is 10.7. The van der Waals surface area contributed by atoms with Gasteiger partial charge in [0.15, 0.2) is 28.4 Å². The van der Waals surface area contributed by atoms with Crippen LogP contribution in [0.4, 0.5) is 11.6 Å². The average molecular weight is 555 g/mol. The lowest BCUT2D eigenvalue weighted by Gasteiger charge is -2.39. The SMILES string of the molecule is COc1ccc(-c2noc(CCC(=O)N3CCC4(CC3)CN=C(NC(=O)c3nc(Cl)c(N)nc3N)N4)n2)cc1. The summed E-state index contributed by atoms with van der Waals surface area (Å²) in [5, 5.41) is 9.84. The lowest BCUT2D eigenvalue weighted by Crippen LogP contribution is -2.57. The van der Waals surface area contributed by atoms with Crippen LogP contribution in [-0.2, 0) is 11.2 Å². The molecule has 2 aliphatic heterocycles. The van der Waals surface area contributed by atoms with E-state index in [0.717, 1.165) is 11.3 Å². The number of benzene rings is 1. The lowest BCUT2D eigenvalue weighted by molar-refractivity contribution is -0.132. The van der Waals surface area contributed by atoms with Crippen LogP contribution in [0, 0.1) is 0 Å². The van der Waals surface area contributed by atoms with E-state index in [4.69, 9.17) is 32.3 Å². The Labute approximate surface area is 228 Å². The molecule has 0 atom stereocenters. The number of nitrogens with two attached hydrogens (primary N) is 2. The summed E-state index contributed by atoms with van der Waals surface area (Å²) in [6.45, 7) is 1.56. The van der Waals surface area contributed by atoms with E-state index in [2.05, 4.69) is 35.7 Å². The highest BCUT2D eigenvalue weighted by molar-refractivity contribution is 6.31. The van der Waals surface area contributed by atoms with Gasteiger partial charge >= 0.3 is 0 Å². The number of amides is 2. The molecule has 1 saturated heterocycles. The molecule has 204 valence electrons. The monoisotopic (exact) mass is 554 g/mol. The van der Waals surface area contributed by atoms with E-state index in [1.54, 1.807) is 7.11 Å². The smallest absolute Gasteiger partial charge is 0.280 e. The Bertz CT molecular complexity index is 1420. The van der Waals surface area contributed by atoms with Gasteiger partial charge in [-0.1, -0.05) is 16.8 Å². The second-order valence-corrected chi connectivity index (χ2v) is 9.64. The van der Waals surface area contributed by atoms with Crippen LogP contribution in [0.1, 0.15) is 35.6 Å². The molecule has 2 aromatic heterocycles. The Morgan fingerprint density at radius 2 is 1.90 bits per heavy atom. The van der Waals surface area contributed by atoms with Gasteiger partial charge in [0.05, 0.1) is 19.2 Å². The number of carbonyl (C=O) groups excluding carboxylic acids is 2. The molecule has 5 rings (SSSR count). The maximum Gasteiger partial charge on any atom is 0.280 e. The minimum absolute atomic E-state index is 0.00997. The van der Waals surface area contributed by atoms with Crippen LogP contribution in [0.3, 0.4) is 0 Å². The highest BCUT2D eigenvalue weighted by atomic mass is 35.5. The summed E-state index contributed by atoms with van der Waals surface area (Å²) in [5.41, 5.74) is 11.6. The first kappa shape index (κ1) is 26.2. The number of anilines is 2. The summed E-state index contributed by atoms with van der Waals surface area (Å²) in [4.78, 5) is 43.8. The predicted molar refractivity (Wildman–Crippen MR) is 142 cm³/mol. The van der Waals surface area contributed by atoms with Crippen molar-refractivity contribution in [1.29, 1.82) is 0 Å². The van der Waals surface area contributed by atoms with Crippen molar-refractivity contribution in [3.63, 3.8) is 0 Å². The van der Waals surface area contributed by atoms with E-state index in [1.165, 1.54) is 0 Å². The zero-order valence-corrected chi connectivity index (χ0v) is 21.9. The molecule has 4 heterocycles. The van der Waals surface area contributed by atoms with Gasteiger partial charge in [-0.05, 0) is 37.1 Å². The van der Waals surface area contributed by atoms with Crippen molar-refractivity contribution in [3.8, 4) is 17.1 Å². The lowest BCUT2D eigenvalue weighted by atomic mass is 9.88. The fraction of sp³-hybridized carbons (Fsp3) is 0.375. The van der Waals surface area contributed by atoms with E-state index in [1.807, 2.05) is 29.2 Å². The number of aryl methyl sites for hydroxylation is 1. The zero-order valence-electron chi connectivity index (χ0n) is 21.1. The molecule has 1 fully saturated rings. The van der Waals surface area contributed by atoms with Crippen LogP contribution in [0.5, 0.6) is 5.75 Å². The third kappa shape index (κ3) is 5.70. The van der Waals surface area contributed by atoms with Gasteiger partial charge in [0, 0.05) is 31.5 Å². The average Bonchev–Trinajstić information content (AvgIpc) is 3.57. The third-order valence-electron chi connectivity index (χ3n) is 6.72. The minimum Gasteiger partial charge on any atom is -0.497 e. The molecule has 6 N–H and O–H groups in total. The number of nitrogen functional groups attached to an aromatic ring is 2. The molecule has 0 saturated carbocycles. The van der Waals surface area contributed by atoms with Gasteiger partial charge in [0.1, 0.15) is 5.75 Å². The Hall–Kier alpha value is -4.46. The highest BCUT2D eigenvalue weighted by Crippen LogP contribution is 2.27. The van der Waals surface area contributed by atoms with E-state index in [0.29, 0.717) is 56.6 Å². The predicted octanol–water partition coefficient (Wildman–Crippen LogP) is 1.04. The summed E-state index contributed by atoms with van der Waals surface area (Å²) in [5.74, 6) is 1.12. The number of aromatic nitrogens is 4. The van der Waals surface area contributed by atoms with Gasteiger partial charge in [-0.15, -0.1) is 0 Å². The van der Waals surface area contributed by atoms with Crippen LogP contribution >= 0.6 is 11.6 Å². The Morgan fingerprint density at radius 1 is 1.15 bits per heavy atom. The molecule has 0 aliphatic carbocycles. The van der Waals surface area contributed by atoms with Crippen molar-refractivity contribution in [3.05, 3.63) is 41.0 Å². The van der Waals surface area contributed by atoms with Crippen LogP contribution in [0.25, 0.3) is 11.4 Å². The summed E-state index contributed by atoms with van der Waals surface area (Å²) < 4.78 is 10.5. The quantitative estimate of drug-likeness (QED) is 0.339.